The molecule has 0 amide bonds. The Balaban J connectivity index is 2.81. The third kappa shape index (κ3) is 1.39. The number of carbonyl (C=O) groups is 1. The van der Waals surface area contributed by atoms with Crippen molar-refractivity contribution in [1.82, 2.24) is 0 Å². The van der Waals surface area contributed by atoms with Gasteiger partial charge in [0, 0.05) is 18.3 Å². The second-order valence-corrected chi connectivity index (χ2v) is 4.01. The van der Waals surface area contributed by atoms with Gasteiger partial charge in [-0.1, -0.05) is 13.8 Å². The summed E-state index contributed by atoms with van der Waals surface area (Å²) in [4.78, 5) is 11.6. The predicted octanol–water partition coefficient (Wildman–Crippen LogP) is 2.41. The van der Waals surface area contributed by atoms with E-state index in [9.17, 15) is 4.79 Å². The van der Waals surface area contributed by atoms with E-state index >= 15 is 0 Å². The van der Waals surface area contributed by atoms with Crippen LogP contribution in [0.5, 0.6) is 0 Å². The second-order valence-electron chi connectivity index (χ2n) is 4.01. The van der Waals surface area contributed by atoms with Gasteiger partial charge in [0.05, 0.1) is 0 Å². The molecule has 1 rings (SSSR count). The van der Waals surface area contributed by atoms with E-state index in [-0.39, 0.29) is 5.41 Å². The third-order valence-electron chi connectivity index (χ3n) is 3.23. The van der Waals surface area contributed by atoms with Crippen LogP contribution in [0.1, 0.15) is 39.5 Å². The lowest BCUT2D eigenvalue weighted by molar-refractivity contribution is -0.133. The van der Waals surface area contributed by atoms with Crippen LogP contribution in [-0.2, 0) is 4.79 Å². The van der Waals surface area contributed by atoms with Gasteiger partial charge in [-0.25, -0.2) is 0 Å². The Bertz CT molecular complexity index is 224. The summed E-state index contributed by atoms with van der Waals surface area (Å²) in [5.41, 5.74) is -0.229. The number of rotatable bonds is 1. The smallest absolute Gasteiger partial charge is 0.139 e. The summed E-state index contributed by atoms with van der Waals surface area (Å²) < 4.78 is 0. The molecule has 0 aromatic rings. The Hall–Kier alpha value is -0.770. The van der Waals surface area contributed by atoms with Crippen molar-refractivity contribution in [2.24, 2.45) is 11.3 Å². The molecule has 0 unspecified atom stereocenters. The van der Waals surface area contributed by atoms with Crippen LogP contribution in [-0.4, -0.2) is 5.78 Å². The van der Waals surface area contributed by atoms with Gasteiger partial charge in [0.1, 0.15) is 5.78 Å². The highest BCUT2D eigenvalue weighted by molar-refractivity contribution is 5.85. The minimum atomic E-state index is -0.229. The molecule has 12 heavy (non-hydrogen) atoms. The molecule has 1 aliphatic rings. The number of terminal acetylenes is 1. The fraction of sp³-hybridized carbons (Fsp3) is 0.727. The minimum absolute atomic E-state index is 0.229. The van der Waals surface area contributed by atoms with Crippen LogP contribution in [0, 0.1) is 23.7 Å². The number of hydrogen-bond acceptors (Lipinski definition) is 1. The van der Waals surface area contributed by atoms with E-state index in [1.165, 1.54) is 0 Å². The Morgan fingerprint density at radius 3 is 2.92 bits per heavy atom. The van der Waals surface area contributed by atoms with Crippen LogP contribution in [0.25, 0.3) is 0 Å². The summed E-state index contributed by atoms with van der Waals surface area (Å²) in [6.07, 6.45) is 8.78. The van der Waals surface area contributed by atoms with Gasteiger partial charge in [0.15, 0.2) is 0 Å². The zero-order valence-electron chi connectivity index (χ0n) is 7.89. The average Bonchev–Trinajstić information content (AvgIpc) is 2.02. The molecule has 1 nitrogen and oxygen atoms in total. The molecule has 0 N–H and O–H groups in total. The maximum absolute atomic E-state index is 11.6. The first-order chi connectivity index (χ1) is 5.61. The summed E-state index contributed by atoms with van der Waals surface area (Å²) in [5, 5.41) is 0. The Labute approximate surface area is 74.5 Å². The van der Waals surface area contributed by atoms with Crippen LogP contribution in [0.4, 0.5) is 0 Å². The minimum Gasteiger partial charge on any atom is -0.299 e. The molecule has 66 valence electrons. The van der Waals surface area contributed by atoms with Crippen LogP contribution in [0.15, 0.2) is 0 Å². The van der Waals surface area contributed by atoms with Gasteiger partial charge in [-0.15, -0.1) is 12.3 Å². The predicted molar refractivity (Wildman–Crippen MR) is 49.6 cm³/mol. The van der Waals surface area contributed by atoms with Crippen molar-refractivity contribution in [2.45, 2.75) is 39.5 Å². The SMILES string of the molecule is C#CC[C@]1(C)C(=O)CCC[C@@H]1C. The molecule has 0 radical (unpaired) electrons. The van der Waals surface area contributed by atoms with Gasteiger partial charge in [0.25, 0.3) is 0 Å². The Morgan fingerprint density at radius 2 is 2.42 bits per heavy atom. The maximum atomic E-state index is 11.6. The molecule has 0 aliphatic heterocycles. The summed E-state index contributed by atoms with van der Waals surface area (Å²) >= 11 is 0. The van der Waals surface area contributed by atoms with E-state index in [1.807, 2.05) is 6.92 Å². The maximum Gasteiger partial charge on any atom is 0.139 e. The second kappa shape index (κ2) is 3.31. The Kier molecular flexibility index (Phi) is 2.57. The molecule has 1 aliphatic carbocycles. The molecular formula is C11H16O. The fourth-order valence-electron chi connectivity index (χ4n) is 1.93. The molecule has 1 heteroatoms. The van der Waals surface area contributed by atoms with Crippen molar-refractivity contribution in [2.75, 3.05) is 0 Å². The standard InChI is InChI=1S/C11H16O/c1-4-8-11(3)9(2)6-5-7-10(11)12/h1,9H,5-8H2,2-3H3/t9-,11-/m0/s1. The molecule has 0 saturated heterocycles. The van der Waals surface area contributed by atoms with Crippen LogP contribution >= 0.6 is 0 Å². The number of Topliss-reactive ketones (excluding diaryl/α,β-unsaturated/α-hetero) is 1. The highest BCUT2D eigenvalue weighted by Crippen LogP contribution is 2.40. The normalized spacial score (nSPS) is 36.1. The molecule has 0 aromatic heterocycles. The van der Waals surface area contributed by atoms with Crippen LogP contribution < -0.4 is 0 Å². The van der Waals surface area contributed by atoms with E-state index in [0.717, 1.165) is 19.3 Å². The topological polar surface area (TPSA) is 17.1 Å². The highest BCUT2D eigenvalue weighted by Gasteiger charge is 2.39. The van der Waals surface area contributed by atoms with E-state index in [4.69, 9.17) is 6.42 Å². The van der Waals surface area contributed by atoms with Crippen molar-refractivity contribution in [3.63, 3.8) is 0 Å². The highest BCUT2D eigenvalue weighted by atomic mass is 16.1. The fourth-order valence-corrected chi connectivity index (χ4v) is 1.93. The lowest BCUT2D eigenvalue weighted by Crippen LogP contribution is -2.37. The van der Waals surface area contributed by atoms with Gasteiger partial charge in [-0.05, 0) is 18.8 Å². The van der Waals surface area contributed by atoms with Crippen LogP contribution in [0.3, 0.4) is 0 Å². The zero-order chi connectivity index (χ0) is 9.19. The largest absolute Gasteiger partial charge is 0.299 e. The monoisotopic (exact) mass is 164 g/mol. The van der Waals surface area contributed by atoms with Crippen molar-refractivity contribution >= 4 is 5.78 Å². The molecule has 2 atom stereocenters. The Morgan fingerprint density at radius 1 is 1.75 bits per heavy atom. The first kappa shape index (κ1) is 9.32. The van der Waals surface area contributed by atoms with E-state index in [1.54, 1.807) is 0 Å². The van der Waals surface area contributed by atoms with Gasteiger partial charge >= 0.3 is 0 Å². The third-order valence-corrected chi connectivity index (χ3v) is 3.23. The van der Waals surface area contributed by atoms with Gasteiger partial charge in [0.2, 0.25) is 0 Å². The molecule has 0 spiro atoms. The van der Waals surface area contributed by atoms with Crippen molar-refractivity contribution < 1.29 is 4.79 Å². The molecule has 0 bridgehead atoms. The number of carbonyl (C=O) groups excluding carboxylic acids is 1. The number of hydrogen-bond donors (Lipinski definition) is 0. The number of ketones is 1. The molecular weight excluding hydrogens is 148 g/mol. The first-order valence-corrected chi connectivity index (χ1v) is 4.58. The lowest BCUT2D eigenvalue weighted by Gasteiger charge is -2.36. The molecule has 1 saturated carbocycles. The molecule has 1 fully saturated rings. The van der Waals surface area contributed by atoms with Gasteiger partial charge < -0.3 is 0 Å². The lowest BCUT2D eigenvalue weighted by atomic mass is 9.66. The zero-order valence-corrected chi connectivity index (χ0v) is 7.89. The summed E-state index contributed by atoms with van der Waals surface area (Å²) in [5.74, 6) is 3.43. The van der Waals surface area contributed by atoms with Crippen molar-refractivity contribution in [3.8, 4) is 12.3 Å². The molecule has 0 aromatic carbocycles. The first-order valence-electron chi connectivity index (χ1n) is 4.58. The van der Waals surface area contributed by atoms with Crippen molar-refractivity contribution in [1.29, 1.82) is 0 Å². The van der Waals surface area contributed by atoms with Crippen LogP contribution in [0.2, 0.25) is 0 Å². The van der Waals surface area contributed by atoms with E-state index in [2.05, 4.69) is 12.8 Å². The summed E-state index contributed by atoms with van der Waals surface area (Å²) in [6, 6.07) is 0. The van der Waals surface area contributed by atoms with E-state index < -0.39 is 0 Å². The van der Waals surface area contributed by atoms with Gasteiger partial charge in [-0.3, -0.25) is 4.79 Å². The molecule has 0 heterocycles. The van der Waals surface area contributed by atoms with E-state index in [0.29, 0.717) is 18.1 Å². The van der Waals surface area contributed by atoms with Crippen molar-refractivity contribution in [3.05, 3.63) is 0 Å². The summed E-state index contributed by atoms with van der Waals surface area (Å²) in [7, 11) is 0. The summed E-state index contributed by atoms with van der Waals surface area (Å²) in [6.45, 7) is 4.15. The van der Waals surface area contributed by atoms with Gasteiger partial charge in [-0.2, -0.15) is 0 Å². The average molecular weight is 164 g/mol. The quantitative estimate of drug-likeness (QED) is 0.544.